The number of thiophene rings is 1. The maximum absolute atomic E-state index is 12.1. The zero-order chi connectivity index (χ0) is 15.0. The molecule has 21 heavy (non-hydrogen) atoms. The molecule has 0 bridgehead atoms. The van der Waals surface area contributed by atoms with Crippen molar-refractivity contribution < 1.29 is 9.53 Å². The minimum absolute atomic E-state index is 0.241. The third-order valence-corrected chi connectivity index (χ3v) is 4.50. The summed E-state index contributed by atoms with van der Waals surface area (Å²) in [6.07, 6.45) is 1.88. The van der Waals surface area contributed by atoms with Crippen LogP contribution >= 0.6 is 11.3 Å². The number of benzene rings is 1. The van der Waals surface area contributed by atoms with Crippen molar-refractivity contribution in [2.24, 2.45) is 0 Å². The number of amides is 1. The zero-order valence-corrected chi connectivity index (χ0v) is 13.4. The summed E-state index contributed by atoms with van der Waals surface area (Å²) in [6, 6.07) is 10.6. The van der Waals surface area contributed by atoms with Gasteiger partial charge in [-0.2, -0.15) is 0 Å². The highest BCUT2D eigenvalue weighted by molar-refractivity contribution is 7.20. The van der Waals surface area contributed by atoms with Crippen molar-refractivity contribution in [2.45, 2.75) is 26.4 Å². The van der Waals surface area contributed by atoms with E-state index in [-0.39, 0.29) is 6.09 Å². The number of hydrogen-bond donors (Lipinski definition) is 0. The van der Waals surface area contributed by atoms with Crippen molar-refractivity contribution >= 4 is 33.1 Å². The quantitative estimate of drug-likeness (QED) is 0.774. The first-order valence-electron chi connectivity index (χ1n) is 7.08. The Balaban J connectivity index is 1.73. The van der Waals surface area contributed by atoms with Crippen LogP contribution in [0.4, 0.5) is 4.79 Å². The van der Waals surface area contributed by atoms with E-state index in [4.69, 9.17) is 4.74 Å². The number of carbonyl (C=O) groups is 1. The van der Waals surface area contributed by atoms with Crippen molar-refractivity contribution in [3.8, 4) is 0 Å². The van der Waals surface area contributed by atoms with Crippen molar-refractivity contribution in [2.75, 3.05) is 13.1 Å². The third-order valence-electron chi connectivity index (χ3n) is 3.31. The van der Waals surface area contributed by atoms with E-state index in [9.17, 15) is 4.79 Å². The molecule has 0 saturated carbocycles. The highest BCUT2D eigenvalue weighted by atomic mass is 32.1. The molecule has 0 spiro atoms. The van der Waals surface area contributed by atoms with Crippen molar-refractivity contribution in [1.82, 2.24) is 4.90 Å². The van der Waals surface area contributed by atoms with Gasteiger partial charge in [0, 0.05) is 16.1 Å². The lowest BCUT2D eigenvalue weighted by Crippen LogP contribution is -2.35. The lowest BCUT2D eigenvalue weighted by atomic mass is 10.2. The minimum atomic E-state index is -0.447. The van der Waals surface area contributed by atoms with Gasteiger partial charge in [0.2, 0.25) is 0 Å². The Morgan fingerprint density at radius 1 is 1.29 bits per heavy atom. The standard InChI is InChI=1S/C17H19NO2S/c1-17(2,3)20-16(19)18-9-8-13(11-18)15-10-12-6-4-5-7-14(12)21-15/h4-8,10H,9,11H2,1-3H3. The van der Waals surface area contributed by atoms with Gasteiger partial charge in [-0.1, -0.05) is 24.3 Å². The molecule has 0 unspecified atom stereocenters. The second-order valence-electron chi connectivity index (χ2n) is 6.24. The van der Waals surface area contributed by atoms with Crippen LogP contribution in [0.1, 0.15) is 25.6 Å². The molecule has 1 aliphatic heterocycles. The summed E-state index contributed by atoms with van der Waals surface area (Å²) in [5.74, 6) is 0. The van der Waals surface area contributed by atoms with Gasteiger partial charge in [-0.25, -0.2) is 4.79 Å². The Hall–Kier alpha value is -1.81. The fourth-order valence-electron chi connectivity index (χ4n) is 2.34. The van der Waals surface area contributed by atoms with Gasteiger partial charge in [0.15, 0.2) is 0 Å². The highest BCUT2D eigenvalue weighted by Crippen LogP contribution is 2.32. The molecule has 4 heteroatoms. The molecule has 0 aliphatic carbocycles. The van der Waals surface area contributed by atoms with Gasteiger partial charge in [-0.05, 0) is 43.9 Å². The fourth-order valence-corrected chi connectivity index (χ4v) is 3.43. The lowest BCUT2D eigenvalue weighted by molar-refractivity contribution is 0.0306. The van der Waals surface area contributed by atoms with Gasteiger partial charge in [0.05, 0.1) is 6.54 Å². The molecule has 0 fully saturated rings. The van der Waals surface area contributed by atoms with Crippen molar-refractivity contribution in [3.63, 3.8) is 0 Å². The number of hydrogen-bond acceptors (Lipinski definition) is 3. The highest BCUT2D eigenvalue weighted by Gasteiger charge is 2.26. The van der Waals surface area contributed by atoms with E-state index in [1.165, 1.54) is 20.5 Å². The van der Waals surface area contributed by atoms with Crippen LogP contribution in [0, 0.1) is 0 Å². The summed E-state index contributed by atoms with van der Waals surface area (Å²) in [7, 11) is 0. The Kier molecular flexibility index (Phi) is 3.49. The molecule has 1 amide bonds. The molecule has 0 saturated heterocycles. The van der Waals surface area contributed by atoms with Crippen molar-refractivity contribution in [3.05, 3.63) is 41.3 Å². The van der Waals surface area contributed by atoms with E-state index in [0.29, 0.717) is 13.1 Å². The summed E-state index contributed by atoms with van der Waals surface area (Å²) in [5, 5.41) is 1.26. The van der Waals surface area contributed by atoms with E-state index in [1.807, 2.05) is 20.8 Å². The van der Waals surface area contributed by atoms with Crippen LogP contribution in [0.3, 0.4) is 0 Å². The Morgan fingerprint density at radius 3 is 2.76 bits per heavy atom. The fraction of sp³-hybridized carbons (Fsp3) is 0.353. The van der Waals surface area contributed by atoms with E-state index in [2.05, 4.69) is 36.4 Å². The van der Waals surface area contributed by atoms with Crippen LogP contribution in [-0.4, -0.2) is 29.7 Å². The molecule has 3 rings (SSSR count). The van der Waals surface area contributed by atoms with Crippen LogP contribution in [0.2, 0.25) is 0 Å². The molecule has 110 valence electrons. The zero-order valence-electron chi connectivity index (χ0n) is 12.6. The minimum Gasteiger partial charge on any atom is -0.444 e. The number of nitrogens with zero attached hydrogens (tertiary/aromatic N) is 1. The molecule has 0 atom stereocenters. The molecule has 3 nitrogen and oxygen atoms in total. The average molecular weight is 301 g/mol. The lowest BCUT2D eigenvalue weighted by Gasteiger charge is -2.24. The SMILES string of the molecule is CC(C)(C)OC(=O)N1CC=C(c2cc3ccccc3s2)C1. The smallest absolute Gasteiger partial charge is 0.410 e. The van der Waals surface area contributed by atoms with Gasteiger partial charge in [-0.15, -0.1) is 11.3 Å². The summed E-state index contributed by atoms with van der Waals surface area (Å²) >= 11 is 1.77. The van der Waals surface area contributed by atoms with Crippen molar-refractivity contribution in [1.29, 1.82) is 0 Å². The third kappa shape index (κ3) is 3.10. The topological polar surface area (TPSA) is 29.5 Å². The van der Waals surface area contributed by atoms with Gasteiger partial charge >= 0.3 is 6.09 Å². The van der Waals surface area contributed by atoms with E-state index in [1.54, 1.807) is 16.2 Å². The molecule has 2 aromatic rings. The normalized spacial score (nSPS) is 15.4. The largest absolute Gasteiger partial charge is 0.444 e. The number of fused-ring (bicyclic) bond motifs is 1. The van der Waals surface area contributed by atoms with Crippen LogP contribution in [-0.2, 0) is 4.74 Å². The second-order valence-corrected chi connectivity index (χ2v) is 7.32. The summed E-state index contributed by atoms with van der Waals surface area (Å²) in [5.41, 5.74) is 0.763. The van der Waals surface area contributed by atoms with Gasteiger partial charge < -0.3 is 9.64 Å². The van der Waals surface area contributed by atoms with Gasteiger partial charge in [0.1, 0.15) is 5.60 Å². The Labute approximate surface area is 128 Å². The maximum Gasteiger partial charge on any atom is 0.410 e. The summed E-state index contributed by atoms with van der Waals surface area (Å²) in [4.78, 5) is 15.1. The summed E-state index contributed by atoms with van der Waals surface area (Å²) in [6.45, 7) is 6.92. The molecule has 1 aliphatic rings. The first-order chi connectivity index (χ1) is 9.92. The van der Waals surface area contributed by atoms with Gasteiger partial charge in [0.25, 0.3) is 0 Å². The van der Waals surface area contributed by atoms with E-state index >= 15 is 0 Å². The molecular formula is C17H19NO2S. The van der Waals surface area contributed by atoms with E-state index < -0.39 is 5.60 Å². The predicted molar refractivity (Wildman–Crippen MR) is 87.6 cm³/mol. The van der Waals surface area contributed by atoms with Crippen LogP contribution in [0.5, 0.6) is 0 Å². The molecule has 1 aromatic heterocycles. The van der Waals surface area contributed by atoms with Crippen LogP contribution < -0.4 is 0 Å². The predicted octanol–water partition coefficient (Wildman–Crippen LogP) is 4.54. The second kappa shape index (κ2) is 5.19. The summed E-state index contributed by atoms with van der Waals surface area (Å²) < 4.78 is 6.70. The number of ether oxygens (including phenoxy) is 1. The Morgan fingerprint density at radius 2 is 2.05 bits per heavy atom. The molecule has 0 radical (unpaired) electrons. The molecule has 1 aromatic carbocycles. The maximum atomic E-state index is 12.1. The average Bonchev–Trinajstić information content (AvgIpc) is 3.03. The molecular weight excluding hydrogens is 282 g/mol. The van der Waals surface area contributed by atoms with Crippen LogP contribution in [0.15, 0.2) is 36.4 Å². The number of rotatable bonds is 1. The number of carbonyl (C=O) groups excluding carboxylic acids is 1. The first kappa shape index (κ1) is 14.1. The molecule has 2 heterocycles. The first-order valence-corrected chi connectivity index (χ1v) is 7.90. The monoisotopic (exact) mass is 301 g/mol. The Bertz CT molecular complexity index is 676. The molecule has 0 N–H and O–H groups in total. The van der Waals surface area contributed by atoms with E-state index in [0.717, 1.165) is 0 Å². The van der Waals surface area contributed by atoms with Crippen LogP contribution in [0.25, 0.3) is 15.7 Å². The van der Waals surface area contributed by atoms with Gasteiger partial charge in [-0.3, -0.25) is 0 Å².